The van der Waals surface area contributed by atoms with Crippen molar-refractivity contribution in [1.82, 2.24) is 14.6 Å². The maximum Gasteiger partial charge on any atom is 0.508 e. The van der Waals surface area contributed by atoms with Crippen LogP contribution in [0.25, 0.3) is 5.52 Å². The van der Waals surface area contributed by atoms with E-state index >= 15 is 0 Å². The van der Waals surface area contributed by atoms with Crippen molar-refractivity contribution in [1.29, 1.82) is 5.26 Å². The van der Waals surface area contributed by atoms with Crippen molar-refractivity contribution >= 4 is 29.8 Å². The Morgan fingerprint density at radius 2 is 1.82 bits per heavy atom. The van der Waals surface area contributed by atoms with Gasteiger partial charge in [0, 0.05) is 0 Å². The second-order valence-corrected chi connectivity index (χ2v) is 6.46. The van der Waals surface area contributed by atoms with E-state index in [-0.39, 0.29) is 11.5 Å². The lowest BCUT2D eigenvalue weighted by molar-refractivity contribution is -0.0775. The number of rotatable bonds is 5. The minimum absolute atomic E-state index is 0.0574. The minimum Gasteiger partial charge on any atom is -0.438 e. The fourth-order valence-corrected chi connectivity index (χ4v) is 3.32. The quantitative estimate of drug-likeness (QED) is 0.473. The number of aromatic nitrogens is 3. The Bertz CT molecular complexity index is 1100. The number of fused-ring (bicyclic) bond motifs is 1. The molecule has 0 unspecified atom stereocenters. The Balaban J connectivity index is 2.15. The van der Waals surface area contributed by atoms with Gasteiger partial charge in [0.25, 0.3) is 0 Å². The van der Waals surface area contributed by atoms with Crippen molar-refractivity contribution in [2.75, 3.05) is 33.7 Å². The number of ether oxygens (including phenoxy) is 7. The van der Waals surface area contributed by atoms with E-state index in [1.807, 2.05) is 6.07 Å². The minimum atomic E-state index is -2.12. The predicted molar refractivity (Wildman–Crippen MR) is 102 cm³/mol. The number of carbonyl (C=O) groups is 3. The summed E-state index contributed by atoms with van der Waals surface area (Å²) in [6.07, 6.45) is -6.70. The van der Waals surface area contributed by atoms with Gasteiger partial charge >= 0.3 is 18.5 Å². The van der Waals surface area contributed by atoms with Crippen LogP contribution in [0.15, 0.2) is 18.5 Å². The fraction of sp³-hybridized carbons (Fsp3) is 0.444. The molecule has 33 heavy (non-hydrogen) atoms. The molecule has 1 aliphatic rings. The number of hydrogen-bond donors (Lipinski definition) is 1. The highest BCUT2D eigenvalue weighted by atomic mass is 16.8. The van der Waals surface area contributed by atoms with Crippen LogP contribution >= 0.6 is 0 Å². The first kappa shape index (κ1) is 23.3. The summed E-state index contributed by atoms with van der Waals surface area (Å²) < 4.78 is 36.1. The largest absolute Gasteiger partial charge is 0.508 e. The van der Waals surface area contributed by atoms with Gasteiger partial charge in [-0.2, -0.15) is 10.4 Å². The molecule has 0 aromatic carbocycles. The number of anilines is 1. The smallest absolute Gasteiger partial charge is 0.438 e. The summed E-state index contributed by atoms with van der Waals surface area (Å²) in [5.74, 6) is 0.0979. The molecule has 1 saturated heterocycles. The molecule has 1 fully saturated rings. The standard InChI is InChI=1S/C18H19N5O10/c1-27-15(24)30-6-10-12(31-16(25)28-2)13(32-17(26)29-3)18(7-19,33-10)11-5-4-9-14(20)21-8-22-23(9)11/h4-5,8,10,12-13H,6H2,1-3H3,(H2,20,21,22)/t10-,12-,13-,18+/m1/s1. The van der Waals surface area contributed by atoms with Crippen molar-refractivity contribution in [3.8, 4) is 6.07 Å². The summed E-state index contributed by atoms with van der Waals surface area (Å²) in [5, 5.41) is 14.3. The number of nitriles is 1. The monoisotopic (exact) mass is 465 g/mol. The van der Waals surface area contributed by atoms with Crippen LogP contribution in [0.1, 0.15) is 5.69 Å². The molecule has 0 aliphatic carbocycles. The molecule has 0 bridgehead atoms. The van der Waals surface area contributed by atoms with Crippen LogP contribution in [0, 0.1) is 11.3 Å². The van der Waals surface area contributed by atoms with Gasteiger partial charge in [-0.3, -0.25) is 0 Å². The molecule has 3 rings (SSSR count). The second-order valence-electron chi connectivity index (χ2n) is 6.46. The van der Waals surface area contributed by atoms with Crippen LogP contribution in [0.2, 0.25) is 0 Å². The molecule has 4 atom stereocenters. The van der Waals surface area contributed by atoms with Gasteiger partial charge < -0.3 is 38.9 Å². The molecule has 0 amide bonds. The number of methoxy groups -OCH3 is 3. The summed E-state index contributed by atoms with van der Waals surface area (Å²) in [6, 6.07) is 4.89. The molecular weight excluding hydrogens is 446 g/mol. The second kappa shape index (κ2) is 9.44. The van der Waals surface area contributed by atoms with E-state index in [9.17, 15) is 19.6 Å². The first-order chi connectivity index (χ1) is 15.8. The molecule has 0 radical (unpaired) electrons. The molecule has 2 N–H and O–H groups in total. The number of nitrogens with zero attached hydrogens (tertiary/aromatic N) is 4. The third kappa shape index (κ3) is 4.23. The molecule has 176 valence electrons. The zero-order chi connectivity index (χ0) is 24.2. The highest BCUT2D eigenvalue weighted by Gasteiger charge is 2.63. The Morgan fingerprint density at radius 1 is 1.15 bits per heavy atom. The lowest BCUT2D eigenvalue weighted by atomic mass is 9.92. The number of carbonyl (C=O) groups excluding carboxylic acids is 3. The SMILES string of the molecule is COC(=O)OC[C@H]1O[C@@](C#N)(c2ccc3c(N)ncnn23)[C@H](OC(=O)OC)[C@@H]1OC(=O)OC. The molecule has 2 aromatic heterocycles. The molecule has 15 nitrogen and oxygen atoms in total. The van der Waals surface area contributed by atoms with Gasteiger partial charge in [-0.05, 0) is 12.1 Å². The first-order valence-corrected chi connectivity index (χ1v) is 9.19. The zero-order valence-electron chi connectivity index (χ0n) is 17.6. The van der Waals surface area contributed by atoms with Crippen LogP contribution in [-0.2, 0) is 38.8 Å². The van der Waals surface area contributed by atoms with Gasteiger partial charge in [0.1, 0.15) is 30.6 Å². The Morgan fingerprint density at radius 3 is 2.45 bits per heavy atom. The summed E-state index contributed by atoms with van der Waals surface area (Å²) in [7, 11) is 3.17. The topological polar surface area (TPSA) is 196 Å². The van der Waals surface area contributed by atoms with E-state index in [2.05, 4.69) is 24.3 Å². The summed E-state index contributed by atoms with van der Waals surface area (Å²) in [6.45, 7) is -0.542. The van der Waals surface area contributed by atoms with Crippen LogP contribution in [0.4, 0.5) is 20.2 Å². The summed E-state index contributed by atoms with van der Waals surface area (Å²) >= 11 is 0. The number of nitrogens with two attached hydrogens (primary N) is 1. The lowest BCUT2D eigenvalue weighted by Crippen LogP contribution is -2.46. The molecule has 2 aromatic rings. The molecule has 0 spiro atoms. The van der Waals surface area contributed by atoms with E-state index in [1.165, 1.54) is 16.6 Å². The van der Waals surface area contributed by atoms with Gasteiger partial charge in [0.2, 0.25) is 5.60 Å². The van der Waals surface area contributed by atoms with Gasteiger partial charge in [-0.25, -0.2) is 23.9 Å². The predicted octanol–water partition coefficient (Wildman–Crippen LogP) is 0.515. The van der Waals surface area contributed by atoms with Crippen molar-refractivity contribution in [2.24, 2.45) is 0 Å². The van der Waals surface area contributed by atoms with Gasteiger partial charge in [-0.15, -0.1) is 0 Å². The summed E-state index contributed by atoms with van der Waals surface area (Å²) in [4.78, 5) is 39.3. The molecular formula is C18H19N5O10. The molecule has 15 heteroatoms. The van der Waals surface area contributed by atoms with Gasteiger partial charge in [-0.1, -0.05) is 0 Å². The van der Waals surface area contributed by atoms with Crippen LogP contribution in [0.5, 0.6) is 0 Å². The maximum atomic E-state index is 12.0. The van der Waals surface area contributed by atoms with Crippen molar-refractivity contribution in [3.63, 3.8) is 0 Å². The molecule has 0 saturated carbocycles. The summed E-state index contributed by atoms with van der Waals surface area (Å²) in [5.41, 5.74) is 4.12. The van der Waals surface area contributed by atoms with Gasteiger partial charge in [0.05, 0.1) is 27.0 Å². The van der Waals surface area contributed by atoms with E-state index < -0.39 is 49.0 Å². The zero-order valence-corrected chi connectivity index (χ0v) is 17.6. The van der Waals surface area contributed by atoms with Crippen LogP contribution < -0.4 is 5.73 Å². The third-order valence-corrected chi connectivity index (χ3v) is 4.75. The Labute approximate surface area is 185 Å². The highest BCUT2D eigenvalue weighted by molar-refractivity contribution is 5.67. The normalized spacial score (nSPS) is 23.9. The average molecular weight is 465 g/mol. The lowest BCUT2D eigenvalue weighted by Gasteiger charge is -2.27. The van der Waals surface area contributed by atoms with Gasteiger partial charge in [0.15, 0.2) is 18.0 Å². The van der Waals surface area contributed by atoms with Crippen molar-refractivity contribution < 1.29 is 47.5 Å². The third-order valence-electron chi connectivity index (χ3n) is 4.75. The van der Waals surface area contributed by atoms with E-state index in [0.29, 0.717) is 5.52 Å². The van der Waals surface area contributed by atoms with E-state index in [4.69, 9.17) is 24.7 Å². The maximum absolute atomic E-state index is 12.0. The molecule has 3 heterocycles. The Hall–Kier alpha value is -4.32. The van der Waals surface area contributed by atoms with Crippen molar-refractivity contribution in [3.05, 3.63) is 24.2 Å². The number of nitrogen functional groups attached to an aromatic ring is 1. The van der Waals surface area contributed by atoms with E-state index in [0.717, 1.165) is 27.7 Å². The fourth-order valence-electron chi connectivity index (χ4n) is 3.32. The average Bonchev–Trinajstić information content (AvgIpc) is 3.38. The molecule has 1 aliphatic heterocycles. The highest BCUT2D eigenvalue weighted by Crippen LogP contribution is 2.43. The van der Waals surface area contributed by atoms with Crippen LogP contribution in [-0.4, -0.2) is 79.3 Å². The first-order valence-electron chi connectivity index (χ1n) is 9.19. The Kier molecular flexibility index (Phi) is 6.68. The van der Waals surface area contributed by atoms with E-state index in [1.54, 1.807) is 0 Å². The van der Waals surface area contributed by atoms with Crippen molar-refractivity contribution in [2.45, 2.75) is 23.9 Å². The number of hydrogen-bond acceptors (Lipinski definition) is 14. The van der Waals surface area contributed by atoms with Crippen LogP contribution in [0.3, 0.4) is 0 Å².